The van der Waals surface area contributed by atoms with Crippen LogP contribution in [0.5, 0.6) is 0 Å². The number of benzene rings is 1. The van der Waals surface area contributed by atoms with E-state index in [1.54, 1.807) is 0 Å². The molecule has 0 fully saturated rings. The zero-order valence-electron chi connectivity index (χ0n) is 9.14. The minimum Gasteiger partial charge on any atom is -0.409 e. The van der Waals surface area contributed by atoms with Crippen molar-refractivity contribution in [3.8, 4) is 0 Å². The molecule has 1 rings (SSSR count). The second kappa shape index (κ2) is 5.24. The van der Waals surface area contributed by atoms with Crippen LogP contribution in [0.3, 0.4) is 0 Å². The van der Waals surface area contributed by atoms with E-state index in [1.165, 1.54) is 0 Å². The molecular weight excluding hydrogens is 190 g/mol. The summed E-state index contributed by atoms with van der Waals surface area (Å²) in [6, 6.07) is 7.64. The number of nitrogens with two attached hydrogens (primary N) is 1. The summed E-state index contributed by atoms with van der Waals surface area (Å²) in [7, 11) is 0. The molecule has 0 aliphatic heterocycles. The minimum absolute atomic E-state index is 0.140. The van der Waals surface area contributed by atoms with Crippen molar-refractivity contribution in [2.24, 2.45) is 10.9 Å². The van der Waals surface area contributed by atoms with Crippen LogP contribution in [0.4, 0.5) is 5.69 Å². The Morgan fingerprint density at radius 2 is 1.80 bits per heavy atom. The van der Waals surface area contributed by atoms with E-state index in [4.69, 9.17) is 10.9 Å². The fourth-order valence-electron chi connectivity index (χ4n) is 1.49. The highest BCUT2D eigenvalue weighted by Gasteiger charge is 2.02. The molecule has 1 aromatic carbocycles. The van der Waals surface area contributed by atoms with Crippen LogP contribution in [0.1, 0.15) is 19.4 Å². The van der Waals surface area contributed by atoms with Crippen molar-refractivity contribution in [1.29, 1.82) is 0 Å². The number of hydrogen-bond donors (Lipinski definition) is 2. The van der Waals surface area contributed by atoms with Crippen molar-refractivity contribution in [2.45, 2.75) is 13.8 Å². The minimum atomic E-state index is 0.140. The molecule has 0 unspecified atom stereocenters. The van der Waals surface area contributed by atoms with Gasteiger partial charge in [-0.1, -0.05) is 5.16 Å². The van der Waals surface area contributed by atoms with Gasteiger partial charge in [0.25, 0.3) is 0 Å². The Hall–Kier alpha value is -1.71. The van der Waals surface area contributed by atoms with Gasteiger partial charge in [0, 0.05) is 24.3 Å². The van der Waals surface area contributed by atoms with E-state index in [1.807, 2.05) is 24.3 Å². The van der Waals surface area contributed by atoms with Gasteiger partial charge in [-0.05, 0) is 38.1 Å². The molecule has 0 bridgehead atoms. The van der Waals surface area contributed by atoms with E-state index < -0.39 is 0 Å². The van der Waals surface area contributed by atoms with E-state index in [-0.39, 0.29) is 5.84 Å². The van der Waals surface area contributed by atoms with Crippen LogP contribution in [0.15, 0.2) is 29.4 Å². The summed E-state index contributed by atoms with van der Waals surface area (Å²) in [5.41, 5.74) is 7.35. The normalized spacial score (nSPS) is 11.5. The predicted molar refractivity (Wildman–Crippen MR) is 62.5 cm³/mol. The van der Waals surface area contributed by atoms with E-state index in [9.17, 15) is 0 Å². The first kappa shape index (κ1) is 11.4. The topological polar surface area (TPSA) is 61.8 Å². The van der Waals surface area contributed by atoms with Gasteiger partial charge in [0.05, 0.1) is 0 Å². The van der Waals surface area contributed by atoms with E-state index in [2.05, 4.69) is 23.9 Å². The SMILES string of the molecule is CCN(CC)c1ccc(/C(N)=N/O)cc1. The molecule has 0 spiro atoms. The number of hydrogen-bond acceptors (Lipinski definition) is 3. The van der Waals surface area contributed by atoms with Crippen molar-refractivity contribution in [2.75, 3.05) is 18.0 Å². The van der Waals surface area contributed by atoms with Crippen LogP contribution in [0.25, 0.3) is 0 Å². The molecule has 0 radical (unpaired) electrons. The Bertz CT molecular complexity index is 328. The number of oxime groups is 1. The molecule has 0 aliphatic carbocycles. The van der Waals surface area contributed by atoms with Crippen molar-refractivity contribution >= 4 is 11.5 Å². The van der Waals surface area contributed by atoms with Gasteiger partial charge in [-0.2, -0.15) is 0 Å². The molecule has 3 N–H and O–H groups in total. The molecule has 4 heteroatoms. The predicted octanol–water partition coefficient (Wildman–Crippen LogP) is 1.63. The highest BCUT2D eigenvalue weighted by atomic mass is 16.4. The fourth-order valence-corrected chi connectivity index (χ4v) is 1.49. The molecule has 0 amide bonds. The molecular formula is C11H17N3O. The van der Waals surface area contributed by atoms with Gasteiger partial charge in [-0.15, -0.1) is 0 Å². The summed E-state index contributed by atoms with van der Waals surface area (Å²) in [5, 5.41) is 11.5. The number of anilines is 1. The Labute approximate surface area is 90.0 Å². The molecule has 1 aromatic rings. The summed E-state index contributed by atoms with van der Waals surface area (Å²) in [4.78, 5) is 2.23. The van der Waals surface area contributed by atoms with Gasteiger partial charge in [0.15, 0.2) is 5.84 Å². The first-order chi connectivity index (χ1) is 7.22. The number of nitrogens with zero attached hydrogens (tertiary/aromatic N) is 2. The van der Waals surface area contributed by atoms with Gasteiger partial charge in [-0.3, -0.25) is 0 Å². The lowest BCUT2D eigenvalue weighted by atomic mass is 10.2. The first-order valence-corrected chi connectivity index (χ1v) is 5.05. The molecule has 82 valence electrons. The van der Waals surface area contributed by atoms with Gasteiger partial charge >= 0.3 is 0 Å². The first-order valence-electron chi connectivity index (χ1n) is 5.05. The quantitative estimate of drug-likeness (QED) is 0.341. The van der Waals surface area contributed by atoms with Crippen LogP contribution < -0.4 is 10.6 Å². The fraction of sp³-hybridized carbons (Fsp3) is 0.364. The highest BCUT2D eigenvalue weighted by Crippen LogP contribution is 2.14. The van der Waals surface area contributed by atoms with Crippen LogP contribution in [0, 0.1) is 0 Å². The molecule has 0 aromatic heterocycles. The van der Waals surface area contributed by atoms with Crippen molar-refractivity contribution in [3.05, 3.63) is 29.8 Å². The van der Waals surface area contributed by atoms with Crippen LogP contribution in [-0.4, -0.2) is 24.1 Å². The van der Waals surface area contributed by atoms with Crippen LogP contribution in [-0.2, 0) is 0 Å². The zero-order valence-corrected chi connectivity index (χ0v) is 9.14. The Morgan fingerprint density at radius 1 is 1.27 bits per heavy atom. The molecule has 0 heterocycles. The Kier molecular flexibility index (Phi) is 3.97. The van der Waals surface area contributed by atoms with Gasteiger partial charge < -0.3 is 15.8 Å². The maximum Gasteiger partial charge on any atom is 0.170 e. The third-order valence-corrected chi connectivity index (χ3v) is 2.40. The molecule has 0 atom stereocenters. The Balaban J connectivity index is 2.89. The summed E-state index contributed by atoms with van der Waals surface area (Å²) in [6.07, 6.45) is 0. The van der Waals surface area contributed by atoms with Gasteiger partial charge in [0.1, 0.15) is 0 Å². The van der Waals surface area contributed by atoms with Crippen molar-refractivity contribution < 1.29 is 5.21 Å². The second-order valence-electron chi connectivity index (χ2n) is 3.20. The summed E-state index contributed by atoms with van der Waals surface area (Å²) >= 11 is 0. The monoisotopic (exact) mass is 207 g/mol. The van der Waals surface area contributed by atoms with Gasteiger partial charge in [-0.25, -0.2) is 0 Å². The highest BCUT2D eigenvalue weighted by molar-refractivity contribution is 5.97. The summed E-state index contributed by atoms with van der Waals surface area (Å²) in [6.45, 7) is 6.17. The summed E-state index contributed by atoms with van der Waals surface area (Å²) in [5.74, 6) is 0.140. The lowest BCUT2D eigenvalue weighted by Crippen LogP contribution is -2.22. The molecule has 0 saturated carbocycles. The summed E-state index contributed by atoms with van der Waals surface area (Å²) < 4.78 is 0. The number of rotatable bonds is 4. The Morgan fingerprint density at radius 3 is 2.20 bits per heavy atom. The van der Waals surface area contributed by atoms with Gasteiger partial charge in [0.2, 0.25) is 0 Å². The molecule has 15 heavy (non-hydrogen) atoms. The average molecular weight is 207 g/mol. The van der Waals surface area contributed by atoms with E-state index in [0.717, 1.165) is 24.3 Å². The second-order valence-corrected chi connectivity index (χ2v) is 3.20. The van der Waals surface area contributed by atoms with Crippen LogP contribution >= 0.6 is 0 Å². The molecule has 0 saturated heterocycles. The third kappa shape index (κ3) is 2.62. The largest absolute Gasteiger partial charge is 0.409 e. The van der Waals surface area contributed by atoms with Crippen molar-refractivity contribution in [1.82, 2.24) is 0 Å². The smallest absolute Gasteiger partial charge is 0.170 e. The van der Waals surface area contributed by atoms with E-state index >= 15 is 0 Å². The molecule has 0 aliphatic rings. The standard InChI is InChI=1S/C11H17N3O/c1-3-14(4-2)10-7-5-9(6-8-10)11(12)13-15/h5-8,15H,3-4H2,1-2H3,(H2,12,13). The average Bonchev–Trinajstić information content (AvgIpc) is 2.30. The maximum atomic E-state index is 8.51. The number of amidine groups is 1. The van der Waals surface area contributed by atoms with Crippen LogP contribution in [0.2, 0.25) is 0 Å². The lowest BCUT2D eigenvalue weighted by Gasteiger charge is -2.20. The van der Waals surface area contributed by atoms with E-state index in [0.29, 0.717) is 0 Å². The van der Waals surface area contributed by atoms with Crippen molar-refractivity contribution in [3.63, 3.8) is 0 Å². The molecule has 4 nitrogen and oxygen atoms in total. The zero-order chi connectivity index (χ0) is 11.3. The third-order valence-electron chi connectivity index (χ3n) is 2.40. The lowest BCUT2D eigenvalue weighted by molar-refractivity contribution is 0.318. The maximum absolute atomic E-state index is 8.51.